The maximum Gasteiger partial charge on any atom is 0.261 e. The van der Waals surface area contributed by atoms with Gasteiger partial charge in [-0.05, 0) is 36.8 Å². The molecule has 22 heavy (non-hydrogen) atoms. The predicted octanol–water partition coefficient (Wildman–Crippen LogP) is 4.52. The summed E-state index contributed by atoms with van der Waals surface area (Å²) in [5.41, 5.74) is 2.19. The lowest BCUT2D eigenvalue weighted by Crippen LogP contribution is -2.12. The van der Waals surface area contributed by atoms with Gasteiger partial charge in [0.15, 0.2) is 5.13 Å². The number of nitrogens with zero attached hydrogens (tertiary/aromatic N) is 1. The number of para-hydroxylation sites is 1. The summed E-state index contributed by atoms with van der Waals surface area (Å²) in [6.07, 6.45) is 0. The molecule has 4 nitrogen and oxygen atoms in total. The number of anilines is 1. The zero-order chi connectivity index (χ0) is 15.7. The number of aromatic nitrogens is 1. The molecule has 0 unspecified atom stereocenters. The van der Waals surface area contributed by atoms with E-state index in [0.29, 0.717) is 21.5 Å². The number of hydrogen-bond donors (Lipinski definition) is 1. The van der Waals surface area contributed by atoms with E-state index in [4.69, 9.17) is 16.3 Å². The number of thiazole rings is 1. The van der Waals surface area contributed by atoms with E-state index in [2.05, 4.69) is 10.3 Å². The fourth-order valence-electron chi connectivity index (χ4n) is 2.15. The first-order valence-electron chi connectivity index (χ1n) is 6.60. The molecule has 3 aromatic rings. The van der Waals surface area contributed by atoms with Crippen molar-refractivity contribution in [1.29, 1.82) is 0 Å². The van der Waals surface area contributed by atoms with Crippen LogP contribution in [0.1, 0.15) is 15.9 Å². The molecule has 0 saturated carbocycles. The Labute approximate surface area is 136 Å². The number of hydrogen-bond acceptors (Lipinski definition) is 4. The lowest BCUT2D eigenvalue weighted by molar-refractivity contribution is 0.102. The largest absolute Gasteiger partial charge is 0.496 e. The minimum Gasteiger partial charge on any atom is -0.496 e. The number of carbonyl (C=O) groups excluding carboxylic acids is 1. The van der Waals surface area contributed by atoms with Crippen LogP contribution in [0.15, 0.2) is 36.4 Å². The van der Waals surface area contributed by atoms with Crippen molar-refractivity contribution in [1.82, 2.24) is 4.98 Å². The molecule has 3 rings (SSSR count). The number of rotatable bonds is 3. The van der Waals surface area contributed by atoms with Crippen molar-refractivity contribution in [3.05, 3.63) is 52.5 Å². The number of carbonyl (C=O) groups is 1. The van der Waals surface area contributed by atoms with Crippen LogP contribution in [0.3, 0.4) is 0 Å². The molecule has 0 saturated heterocycles. The molecule has 2 aromatic carbocycles. The van der Waals surface area contributed by atoms with Gasteiger partial charge in [-0.1, -0.05) is 35.1 Å². The van der Waals surface area contributed by atoms with Gasteiger partial charge in [0.05, 0.1) is 22.9 Å². The molecule has 0 aliphatic carbocycles. The Morgan fingerprint density at radius 2 is 2.05 bits per heavy atom. The molecule has 0 bridgehead atoms. The molecule has 0 fully saturated rings. The lowest BCUT2D eigenvalue weighted by atomic mass is 10.2. The van der Waals surface area contributed by atoms with Crippen molar-refractivity contribution in [2.24, 2.45) is 0 Å². The number of ether oxygens (including phenoxy) is 1. The topological polar surface area (TPSA) is 51.2 Å². The molecule has 6 heteroatoms. The average molecular weight is 333 g/mol. The third kappa shape index (κ3) is 2.65. The first-order chi connectivity index (χ1) is 10.6. The first kappa shape index (κ1) is 14.8. The minimum atomic E-state index is -0.250. The van der Waals surface area contributed by atoms with Crippen LogP contribution < -0.4 is 10.1 Å². The summed E-state index contributed by atoms with van der Waals surface area (Å²) in [5, 5.41) is 4.02. The standard InChI is InChI=1S/C16H13ClN2O2S/c1-9-11(17)7-8-13-14(9)18-16(22-13)19-15(20)10-5-3-4-6-12(10)21-2/h3-8H,1-2H3,(H,18,19,20). The highest BCUT2D eigenvalue weighted by Crippen LogP contribution is 2.32. The van der Waals surface area contributed by atoms with Gasteiger partial charge in [0.25, 0.3) is 5.91 Å². The minimum absolute atomic E-state index is 0.250. The van der Waals surface area contributed by atoms with E-state index in [0.717, 1.165) is 15.8 Å². The molecule has 1 heterocycles. The number of halogens is 1. The van der Waals surface area contributed by atoms with Gasteiger partial charge in [0.2, 0.25) is 0 Å². The molecular formula is C16H13ClN2O2S. The van der Waals surface area contributed by atoms with Crippen LogP contribution in [0.5, 0.6) is 5.75 Å². The van der Waals surface area contributed by atoms with Crippen molar-refractivity contribution in [2.45, 2.75) is 6.92 Å². The number of aryl methyl sites for hydroxylation is 1. The van der Waals surface area contributed by atoms with Crippen molar-refractivity contribution in [2.75, 3.05) is 12.4 Å². The fraction of sp³-hybridized carbons (Fsp3) is 0.125. The van der Waals surface area contributed by atoms with Crippen LogP contribution in [-0.4, -0.2) is 18.0 Å². The summed E-state index contributed by atoms with van der Waals surface area (Å²) >= 11 is 7.51. The summed E-state index contributed by atoms with van der Waals surface area (Å²) in [5.74, 6) is 0.278. The second kappa shape index (κ2) is 5.94. The summed E-state index contributed by atoms with van der Waals surface area (Å²) in [7, 11) is 1.54. The zero-order valence-electron chi connectivity index (χ0n) is 12.0. The lowest BCUT2D eigenvalue weighted by Gasteiger charge is -2.06. The SMILES string of the molecule is COc1ccccc1C(=O)Nc1nc2c(C)c(Cl)ccc2s1. The van der Waals surface area contributed by atoms with E-state index in [-0.39, 0.29) is 5.91 Å². The van der Waals surface area contributed by atoms with Gasteiger partial charge in [0.1, 0.15) is 5.75 Å². The quantitative estimate of drug-likeness (QED) is 0.767. The number of nitrogens with one attached hydrogen (secondary N) is 1. The highest BCUT2D eigenvalue weighted by molar-refractivity contribution is 7.22. The summed E-state index contributed by atoms with van der Waals surface area (Å²) < 4.78 is 6.19. The second-order valence-corrected chi connectivity index (χ2v) is 6.13. The van der Waals surface area contributed by atoms with E-state index in [1.807, 2.05) is 25.1 Å². The van der Waals surface area contributed by atoms with Gasteiger partial charge < -0.3 is 4.74 Å². The van der Waals surface area contributed by atoms with Gasteiger partial charge in [-0.3, -0.25) is 10.1 Å². The van der Waals surface area contributed by atoms with Crippen molar-refractivity contribution in [3.8, 4) is 5.75 Å². The van der Waals surface area contributed by atoms with Crippen molar-refractivity contribution in [3.63, 3.8) is 0 Å². The van der Waals surface area contributed by atoms with E-state index in [1.165, 1.54) is 18.4 Å². The van der Waals surface area contributed by atoms with Crippen LogP contribution in [-0.2, 0) is 0 Å². The Balaban J connectivity index is 1.93. The molecule has 1 aromatic heterocycles. The Morgan fingerprint density at radius 3 is 2.82 bits per heavy atom. The molecule has 0 atom stereocenters. The van der Waals surface area contributed by atoms with Gasteiger partial charge >= 0.3 is 0 Å². The summed E-state index contributed by atoms with van der Waals surface area (Å²) in [6, 6.07) is 10.8. The van der Waals surface area contributed by atoms with Crippen LogP contribution in [0.25, 0.3) is 10.2 Å². The van der Waals surface area contributed by atoms with E-state index in [9.17, 15) is 4.79 Å². The molecule has 0 spiro atoms. The van der Waals surface area contributed by atoms with Crippen LogP contribution in [0.4, 0.5) is 5.13 Å². The van der Waals surface area contributed by atoms with Crippen LogP contribution >= 0.6 is 22.9 Å². The number of fused-ring (bicyclic) bond motifs is 1. The van der Waals surface area contributed by atoms with E-state index in [1.54, 1.807) is 18.2 Å². The van der Waals surface area contributed by atoms with Crippen molar-refractivity contribution < 1.29 is 9.53 Å². The van der Waals surface area contributed by atoms with Gasteiger partial charge in [-0.15, -0.1) is 0 Å². The molecule has 0 aliphatic heterocycles. The highest BCUT2D eigenvalue weighted by Gasteiger charge is 2.15. The highest BCUT2D eigenvalue weighted by atomic mass is 35.5. The molecule has 112 valence electrons. The van der Waals surface area contributed by atoms with E-state index >= 15 is 0 Å². The number of amides is 1. The average Bonchev–Trinajstić information content (AvgIpc) is 2.94. The van der Waals surface area contributed by atoms with E-state index < -0.39 is 0 Å². The van der Waals surface area contributed by atoms with Crippen molar-refractivity contribution >= 4 is 44.2 Å². The molecular weight excluding hydrogens is 320 g/mol. The normalized spacial score (nSPS) is 10.7. The molecule has 1 amide bonds. The van der Waals surface area contributed by atoms with Gasteiger partial charge in [-0.25, -0.2) is 4.98 Å². The third-order valence-electron chi connectivity index (χ3n) is 3.32. The molecule has 0 aliphatic rings. The summed E-state index contributed by atoms with van der Waals surface area (Å²) in [4.78, 5) is 16.8. The molecule has 0 radical (unpaired) electrons. The smallest absolute Gasteiger partial charge is 0.261 e. The van der Waals surface area contributed by atoms with Crippen LogP contribution in [0.2, 0.25) is 5.02 Å². The molecule has 1 N–H and O–H groups in total. The predicted molar refractivity (Wildman–Crippen MR) is 90.3 cm³/mol. The van der Waals surface area contributed by atoms with Gasteiger partial charge in [0, 0.05) is 5.02 Å². The Bertz CT molecular complexity index is 860. The maximum absolute atomic E-state index is 12.4. The fourth-order valence-corrected chi connectivity index (χ4v) is 3.22. The Kier molecular flexibility index (Phi) is 4.00. The van der Waals surface area contributed by atoms with Gasteiger partial charge in [-0.2, -0.15) is 0 Å². The zero-order valence-corrected chi connectivity index (χ0v) is 13.6. The number of methoxy groups -OCH3 is 1. The summed E-state index contributed by atoms with van der Waals surface area (Å²) in [6.45, 7) is 1.91. The number of benzene rings is 2. The second-order valence-electron chi connectivity index (χ2n) is 4.69. The first-order valence-corrected chi connectivity index (χ1v) is 7.79. The maximum atomic E-state index is 12.4. The third-order valence-corrected chi connectivity index (χ3v) is 4.67. The Hall–Kier alpha value is -2.11. The Morgan fingerprint density at radius 1 is 1.27 bits per heavy atom. The van der Waals surface area contributed by atoms with Crippen LogP contribution in [0, 0.1) is 6.92 Å². The monoisotopic (exact) mass is 332 g/mol.